The van der Waals surface area contributed by atoms with Crippen LogP contribution in [0.25, 0.3) is 0 Å². The molecule has 2 aromatic rings. The maximum atomic E-state index is 10.0. The second-order valence-corrected chi connectivity index (χ2v) is 6.65. The lowest BCUT2D eigenvalue weighted by molar-refractivity contribution is -0.147. The minimum atomic E-state index is -1.24. The van der Waals surface area contributed by atoms with E-state index in [1.165, 1.54) is 0 Å². The summed E-state index contributed by atoms with van der Waals surface area (Å²) in [7, 11) is 0. The fraction of sp³-hybridized carbons (Fsp3) is 0.400. The molecule has 2 unspecified atom stereocenters. The SMILES string of the molecule is OCC1[C@@H](O)C(O)[C@@H](O)CN1Cc1ccc(OCc2ccccc2)cc1. The number of ether oxygens (including phenoxy) is 1. The van der Waals surface area contributed by atoms with Gasteiger partial charge >= 0.3 is 0 Å². The number of nitrogens with zero attached hydrogens (tertiary/aromatic N) is 1. The van der Waals surface area contributed by atoms with E-state index < -0.39 is 24.4 Å². The van der Waals surface area contributed by atoms with Crippen molar-refractivity contribution in [2.75, 3.05) is 13.2 Å². The van der Waals surface area contributed by atoms with Gasteiger partial charge in [-0.3, -0.25) is 4.90 Å². The van der Waals surface area contributed by atoms with Crippen LogP contribution in [-0.4, -0.2) is 62.8 Å². The quantitative estimate of drug-likeness (QED) is 0.601. The molecule has 0 spiro atoms. The van der Waals surface area contributed by atoms with Gasteiger partial charge in [-0.2, -0.15) is 0 Å². The third-order valence-electron chi connectivity index (χ3n) is 4.77. The van der Waals surface area contributed by atoms with Crippen molar-refractivity contribution in [3.63, 3.8) is 0 Å². The van der Waals surface area contributed by atoms with E-state index in [4.69, 9.17) is 4.74 Å². The third kappa shape index (κ3) is 4.41. The molecule has 1 heterocycles. The Morgan fingerprint density at radius 2 is 1.58 bits per heavy atom. The van der Waals surface area contributed by atoms with E-state index in [9.17, 15) is 20.4 Å². The molecule has 3 rings (SSSR count). The van der Waals surface area contributed by atoms with Gasteiger partial charge in [0, 0.05) is 13.1 Å². The topological polar surface area (TPSA) is 93.4 Å². The van der Waals surface area contributed by atoms with Gasteiger partial charge < -0.3 is 25.2 Å². The van der Waals surface area contributed by atoms with Crippen molar-refractivity contribution in [2.45, 2.75) is 37.5 Å². The largest absolute Gasteiger partial charge is 0.489 e. The molecule has 0 amide bonds. The molecule has 6 heteroatoms. The standard InChI is InChI=1S/C20H25NO5/c22-12-17-19(24)20(25)18(23)11-21(17)10-14-6-8-16(9-7-14)26-13-15-4-2-1-3-5-15/h1-9,17-20,22-25H,10-13H2/t17?,18-,19+,20?/m0/s1. The van der Waals surface area contributed by atoms with Gasteiger partial charge in [0.25, 0.3) is 0 Å². The zero-order chi connectivity index (χ0) is 18.5. The Morgan fingerprint density at radius 1 is 0.885 bits per heavy atom. The lowest BCUT2D eigenvalue weighted by Gasteiger charge is -2.43. The van der Waals surface area contributed by atoms with Crippen LogP contribution in [-0.2, 0) is 13.2 Å². The Bertz CT molecular complexity index is 678. The smallest absolute Gasteiger partial charge is 0.119 e. The van der Waals surface area contributed by atoms with Crippen LogP contribution >= 0.6 is 0 Å². The minimum absolute atomic E-state index is 0.190. The van der Waals surface area contributed by atoms with E-state index in [1.54, 1.807) is 4.90 Å². The summed E-state index contributed by atoms with van der Waals surface area (Å²) < 4.78 is 5.76. The average Bonchev–Trinajstić information content (AvgIpc) is 2.67. The second-order valence-electron chi connectivity index (χ2n) is 6.65. The number of hydrogen-bond donors (Lipinski definition) is 4. The molecule has 0 bridgehead atoms. The number of aliphatic hydroxyl groups excluding tert-OH is 4. The van der Waals surface area contributed by atoms with Crippen LogP contribution in [0.4, 0.5) is 0 Å². The van der Waals surface area contributed by atoms with Crippen LogP contribution in [0.1, 0.15) is 11.1 Å². The Morgan fingerprint density at radius 3 is 2.23 bits per heavy atom. The summed E-state index contributed by atoms with van der Waals surface area (Å²) in [6, 6.07) is 16.9. The monoisotopic (exact) mass is 359 g/mol. The maximum Gasteiger partial charge on any atom is 0.119 e. The molecule has 2 aromatic carbocycles. The van der Waals surface area contributed by atoms with Crippen LogP contribution in [0.15, 0.2) is 54.6 Å². The first-order valence-corrected chi connectivity index (χ1v) is 8.73. The number of β-amino-alcohol motifs (C(OH)–C–C–N with tert-alkyl or cyclic N) is 1. The van der Waals surface area contributed by atoms with Gasteiger partial charge in [0.05, 0.1) is 18.8 Å². The van der Waals surface area contributed by atoms with Crippen LogP contribution in [0, 0.1) is 0 Å². The summed E-state index contributed by atoms with van der Waals surface area (Å²) in [5, 5.41) is 39.2. The van der Waals surface area contributed by atoms with Crippen molar-refractivity contribution in [1.29, 1.82) is 0 Å². The van der Waals surface area contributed by atoms with Gasteiger partial charge in [0.1, 0.15) is 24.6 Å². The summed E-state index contributed by atoms with van der Waals surface area (Å²) in [5.74, 6) is 0.755. The van der Waals surface area contributed by atoms with Gasteiger partial charge in [-0.1, -0.05) is 42.5 Å². The van der Waals surface area contributed by atoms with Crippen LogP contribution in [0.3, 0.4) is 0 Å². The highest BCUT2D eigenvalue weighted by atomic mass is 16.5. The van der Waals surface area contributed by atoms with Crippen molar-refractivity contribution in [3.05, 3.63) is 65.7 Å². The molecule has 1 aliphatic rings. The van der Waals surface area contributed by atoms with E-state index in [0.717, 1.165) is 16.9 Å². The van der Waals surface area contributed by atoms with Gasteiger partial charge in [-0.25, -0.2) is 0 Å². The van der Waals surface area contributed by atoms with Crippen LogP contribution in [0.2, 0.25) is 0 Å². The Kier molecular flexibility index (Phi) is 6.24. The first-order valence-electron chi connectivity index (χ1n) is 8.73. The highest BCUT2D eigenvalue weighted by molar-refractivity contribution is 5.28. The third-order valence-corrected chi connectivity index (χ3v) is 4.77. The first kappa shape index (κ1) is 18.8. The van der Waals surface area contributed by atoms with E-state index in [-0.39, 0.29) is 13.2 Å². The van der Waals surface area contributed by atoms with Crippen molar-refractivity contribution in [3.8, 4) is 5.75 Å². The molecular weight excluding hydrogens is 334 g/mol. The van der Waals surface area contributed by atoms with Crippen molar-refractivity contribution < 1.29 is 25.2 Å². The minimum Gasteiger partial charge on any atom is -0.489 e. The molecule has 0 aromatic heterocycles. The maximum absolute atomic E-state index is 10.0. The molecule has 140 valence electrons. The molecule has 1 aliphatic heterocycles. The molecule has 4 N–H and O–H groups in total. The normalized spacial score (nSPS) is 26.6. The van der Waals surface area contributed by atoms with Gasteiger partial charge in [0.15, 0.2) is 0 Å². The van der Waals surface area contributed by atoms with Crippen molar-refractivity contribution in [1.82, 2.24) is 4.90 Å². The van der Waals surface area contributed by atoms with E-state index >= 15 is 0 Å². The fourth-order valence-electron chi connectivity index (χ4n) is 3.23. The van der Waals surface area contributed by atoms with Crippen molar-refractivity contribution in [2.24, 2.45) is 0 Å². The van der Waals surface area contributed by atoms with Gasteiger partial charge in [-0.05, 0) is 23.3 Å². The van der Waals surface area contributed by atoms with Gasteiger partial charge in [-0.15, -0.1) is 0 Å². The number of hydrogen-bond acceptors (Lipinski definition) is 6. The summed E-state index contributed by atoms with van der Waals surface area (Å²) in [4.78, 5) is 1.78. The second kappa shape index (κ2) is 8.62. The Labute approximate surface area is 152 Å². The lowest BCUT2D eigenvalue weighted by Crippen LogP contribution is -2.62. The number of piperidine rings is 1. The highest BCUT2D eigenvalue weighted by Crippen LogP contribution is 2.22. The Hall–Kier alpha value is -1.96. The molecule has 1 fully saturated rings. The lowest BCUT2D eigenvalue weighted by atomic mass is 9.94. The number of benzene rings is 2. The zero-order valence-electron chi connectivity index (χ0n) is 14.5. The molecule has 4 atom stereocenters. The number of rotatable bonds is 6. The number of aliphatic hydroxyl groups is 4. The summed E-state index contributed by atoms with van der Waals surface area (Å²) in [6.45, 7) is 0.846. The van der Waals surface area contributed by atoms with E-state index in [0.29, 0.717) is 13.2 Å². The van der Waals surface area contributed by atoms with Crippen LogP contribution < -0.4 is 4.74 Å². The summed E-state index contributed by atoms with van der Waals surface area (Å²) in [5.41, 5.74) is 2.06. The Balaban J connectivity index is 1.59. The zero-order valence-corrected chi connectivity index (χ0v) is 14.5. The molecular formula is C20H25NO5. The highest BCUT2D eigenvalue weighted by Gasteiger charge is 2.40. The molecule has 1 saturated heterocycles. The molecule has 0 aliphatic carbocycles. The van der Waals surface area contributed by atoms with E-state index in [1.807, 2.05) is 54.6 Å². The van der Waals surface area contributed by atoms with Gasteiger partial charge in [0.2, 0.25) is 0 Å². The fourth-order valence-corrected chi connectivity index (χ4v) is 3.23. The predicted octanol–water partition coefficient (Wildman–Crippen LogP) is 0.525. The average molecular weight is 359 g/mol. The molecule has 6 nitrogen and oxygen atoms in total. The number of likely N-dealkylation sites (tertiary alicyclic amines) is 1. The van der Waals surface area contributed by atoms with Crippen LogP contribution in [0.5, 0.6) is 5.75 Å². The first-order chi connectivity index (χ1) is 12.6. The molecule has 0 saturated carbocycles. The van der Waals surface area contributed by atoms with E-state index in [2.05, 4.69) is 0 Å². The molecule has 26 heavy (non-hydrogen) atoms. The molecule has 0 radical (unpaired) electrons. The summed E-state index contributed by atoms with van der Waals surface area (Å²) >= 11 is 0. The predicted molar refractivity (Wildman–Crippen MR) is 96.5 cm³/mol. The van der Waals surface area contributed by atoms with Crippen molar-refractivity contribution >= 4 is 0 Å². The summed E-state index contributed by atoms with van der Waals surface area (Å²) in [6.07, 6.45) is -3.46.